The Morgan fingerprint density at radius 1 is 0.879 bits per heavy atom. The van der Waals surface area contributed by atoms with Crippen LogP contribution in [0.3, 0.4) is 0 Å². The van der Waals surface area contributed by atoms with E-state index in [2.05, 4.69) is 10.3 Å². The molecule has 0 spiro atoms. The zero-order valence-corrected chi connectivity index (χ0v) is 35.0. The van der Waals surface area contributed by atoms with Crippen LogP contribution in [0.5, 0.6) is 0 Å². The van der Waals surface area contributed by atoms with Gasteiger partial charge in [0.15, 0.2) is 12.6 Å². The fourth-order valence-corrected chi connectivity index (χ4v) is 7.38. The summed E-state index contributed by atoms with van der Waals surface area (Å²) in [6.07, 6.45) is -18.6. The minimum Gasteiger partial charge on any atom is -0.860 e. The summed E-state index contributed by atoms with van der Waals surface area (Å²) in [6.45, 7) is 0.361. The Balaban J connectivity index is 0.00000744. The third-order valence-corrected chi connectivity index (χ3v) is 10.6. The Morgan fingerprint density at radius 2 is 1.48 bits per heavy atom. The molecule has 0 radical (unpaired) electrons. The number of hydrogen-bond acceptors (Lipinski definition) is 18. The maximum Gasteiger partial charge on any atom is 1.00 e. The number of carbonyl (C=O) groups is 1. The van der Waals surface area contributed by atoms with E-state index in [1.54, 1.807) is 6.92 Å². The molecule has 2 heterocycles. The van der Waals surface area contributed by atoms with Crippen molar-refractivity contribution in [3.05, 3.63) is 59.7 Å². The predicted octanol–water partition coefficient (Wildman–Crippen LogP) is -4.77. The number of nitrogens with zero attached hydrogens (tertiary/aromatic N) is 1. The van der Waals surface area contributed by atoms with Gasteiger partial charge in [-0.15, -0.1) is 0 Å². The van der Waals surface area contributed by atoms with Crippen molar-refractivity contribution in [3.63, 3.8) is 0 Å². The summed E-state index contributed by atoms with van der Waals surface area (Å²) in [7, 11) is -4.94. The molecule has 9 N–H and O–H groups in total. The van der Waals surface area contributed by atoms with Crippen molar-refractivity contribution >= 4 is 19.8 Å². The summed E-state index contributed by atoms with van der Waals surface area (Å²) in [5.41, 5.74) is 4.00. The van der Waals surface area contributed by atoms with Gasteiger partial charge in [-0.1, -0.05) is 55.5 Å². The number of rotatable bonds is 18. The quantitative estimate of drug-likeness (QED) is 0.0224. The normalized spacial score (nSPS) is 30.6. The summed E-state index contributed by atoms with van der Waals surface area (Å²) in [6, 6.07) is 13.9. The fraction of sp³-hybridized carbons (Fsp3) is 0.611. The molecule has 13 atom stereocenters. The predicted molar refractivity (Wildman–Crippen MR) is 193 cm³/mol. The molecule has 2 aliphatic heterocycles. The van der Waals surface area contributed by atoms with Crippen molar-refractivity contribution in [2.45, 2.75) is 99.7 Å². The van der Waals surface area contributed by atoms with Gasteiger partial charge in [-0.3, -0.25) is 9.05 Å². The molecule has 58 heavy (non-hydrogen) atoms. The Labute approximate surface area is 356 Å². The van der Waals surface area contributed by atoms with E-state index in [-0.39, 0.29) is 48.7 Å². The van der Waals surface area contributed by atoms with Crippen LogP contribution in [0.2, 0.25) is 0 Å². The number of alkyl carbamates (subject to hydrolysis) is 1. The number of aliphatic imine (C=N–C) groups is 1. The van der Waals surface area contributed by atoms with Crippen LogP contribution in [0.4, 0.5) is 4.79 Å². The summed E-state index contributed by atoms with van der Waals surface area (Å²) < 4.78 is 50.0. The molecule has 2 aromatic carbocycles. The molecule has 5 rings (SSSR count). The minimum absolute atomic E-state index is 0. The topological polar surface area (TPSA) is 308 Å². The molecule has 22 heteroatoms. The molecule has 3 aliphatic rings. The molecule has 2 saturated heterocycles. The SMILES string of the molecule is CCCO[C@H]1O[C@H](CO)[C@@H](O)[C@H](O)[C@@H]1O[C@H]1O[C@H](COP(=O)(O)OCCN=C([O-])[C@@H](NC(=O)OCC2c3ccccc3-c3ccccc32)[C@@H](C)O)[C@@H](O)[C@H](O)[C@@H]1O.[Na+]. The van der Waals surface area contributed by atoms with Crippen molar-refractivity contribution in [1.82, 2.24) is 5.32 Å². The van der Waals surface area contributed by atoms with E-state index in [1.807, 2.05) is 48.5 Å². The summed E-state index contributed by atoms with van der Waals surface area (Å²) in [5, 5.41) is 87.4. The smallest absolute Gasteiger partial charge is 0.860 e. The van der Waals surface area contributed by atoms with Gasteiger partial charge in [-0.25, -0.2) is 9.36 Å². The molecule has 1 amide bonds. The van der Waals surface area contributed by atoms with Crippen molar-refractivity contribution < 1.29 is 117 Å². The molecule has 2 fully saturated rings. The number of aliphatic hydroxyl groups is 7. The van der Waals surface area contributed by atoms with Gasteiger partial charge in [0.1, 0.15) is 55.4 Å². The maximum absolute atomic E-state index is 12.8. The molecule has 1 unspecified atom stereocenters. The maximum atomic E-state index is 12.8. The third-order valence-electron chi connectivity index (χ3n) is 9.65. The van der Waals surface area contributed by atoms with Gasteiger partial charge in [0, 0.05) is 12.5 Å². The summed E-state index contributed by atoms with van der Waals surface area (Å²) >= 11 is 0. The standard InChI is InChI=1S/C36H51N2O18P.Na/c1-3-13-50-35-32(30(44)27(41)24(15-39)54-35)56-34-31(45)29(43)28(42)25(55-34)17-53-57(48,49)52-14-12-37-33(46)26(18(2)40)38-36(47)51-16-23-21-10-6-4-8-19(21)20-9-5-7-11-22(20)23;/h4-11,18,23-32,34-35,39-45H,3,12-17H2,1-2H3,(H,37,46)(H,38,47)(H,48,49);/q;+1/p-1/t18-,24-,25-,26+,27-,28-,29+,30+,31+,32+,34-,35+;/m1./s1. The molecule has 20 nitrogen and oxygen atoms in total. The number of carbonyl (C=O) groups excluding carboxylic acids is 1. The number of amides is 1. The van der Waals surface area contributed by atoms with Gasteiger partial charge in [0.2, 0.25) is 0 Å². The van der Waals surface area contributed by atoms with Crippen LogP contribution in [0, 0.1) is 0 Å². The number of nitrogens with one attached hydrogen (secondary N) is 1. The third kappa shape index (κ3) is 11.8. The number of phosphoric acid groups is 1. The second-order valence-electron chi connectivity index (χ2n) is 13.7. The first-order valence-electron chi connectivity index (χ1n) is 18.4. The van der Waals surface area contributed by atoms with Crippen molar-refractivity contribution in [1.29, 1.82) is 0 Å². The first kappa shape index (κ1) is 48.5. The minimum atomic E-state index is -4.94. The van der Waals surface area contributed by atoms with Crippen LogP contribution in [0.25, 0.3) is 11.1 Å². The average Bonchev–Trinajstić information content (AvgIpc) is 3.51. The fourth-order valence-electron chi connectivity index (χ4n) is 6.66. The van der Waals surface area contributed by atoms with Gasteiger partial charge in [-0.2, -0.15) is 0 Å². The van der Waals surface area contributed by atoms with E-state index in [0.717, 1.165) is 22.3 Å². The zero-order chi connectivity index (χ0) is 41.4. The molecular formula is C36H50N2NaO18P. The Morgan fingerprint density at radius 3 is 2.09 bits per heavy atom. The summed E-state index contributed by atoms with van der Waals surface area (Å²) in [4.78, 5) is 26.7. The molecule has 1 aliphatic carbocycles. The number of hydrogen-bond donors (Lipinski definition) is 9. The van der Waals surface area contributed by atoms with E-state index < -0.39 is 120 Å². The largest absolute Gasteiger partial charge is 1.00 e. The molecular weight excluding hydrogens is 802 g/mol. The number of ether oxygens (including phenoxy) is 5. The first-order valence-corrected chi connectivity index (χ1v) is 19.9. The second-order valence-corrected chi connectivity index (χ2v) is 15.2. The Bertz CT molecular complexity index is 1660. The van der Waals surface area contributed by atoms with Gasteiger partial charge >= 0.3 is 43.5 Å². The monoisotopic (exact) mass is 852 g/mol. The number of aliphatic hydroxyl groups excluding tert-OH is 7. The van der Waals surface area contributed by atoms with E-state index >= 15 is 0 Å². The van der Waals surface area contributed by atoms with Crippen LogP contribution in [0.15, 0.2) is 53.5 Å². The van der Waals surface area contributed by atoms with E-state index in [1.165, 1.54) is 6.92 Å². The van der Waals surface area contributed by atoms with Gasteiger partial charge in [0.05, 0.1) is 38.5 Å². The van der Waals surface area contributed by atoms with Crippen LogP contribution >= 0.6 is 7.82 Å². The molecule has 318 valence electrons. The van der Waals surface area contributed by atoms with Crippen LogP contribution < -0.4 is 40.0 Å². The van der Waals surface area contributed by atoms with Gasteiger partial charge in [-0.05, 0) is 41.5 Å². The molecule has 0 aromatic heterocycles. The van der Waals surface area contributed by atoms with Crippen molar-refractivity contribution in [2.75, 3.05) is 39.6 Å². The van der Waals surface area contributed by atoms with E-state index in [0.29, 0.717) is 6.42 Å². The van der Waals surface area contributed by atoms with Crippen LogP contribution in [-0.2, 0) is 37.3 Å². The number of benzene rings is 2. The average molecular weight is 853 g/mol. The van der Waals surface area contributed by atoms with E-state index in [9.17, 15) is 55.1 Å². The van der Waals surface area contributed by atoms with Crippen LogP contribution in [0.1, 0.15) is 37.3 Å². The number of phosphoric ester groups is 1. The zero-order valence-electron chi connectivity index (χ0n) is 32.1. The van der Waals surface area contributed by atoms with Gasteiger partial charge in [0.25, 0.3) is 0 Å². The van der Waals surface area contributed by atoms with E-state index in [4.69, 9.17) is 32.7 Å². The van der Waals surface area contributed by atoms with Crippen molar-refractivity contribution in [3.8, 4) is 11.1 Å². The first-order chi connectivity index (χ1) is 27.2. The molecule has 2 aromatic rings. The molecule has 0 saturated carbocycles. The molecule has 0 bridgehead atoms. The van der Waals surface area contributed by atoms with Crippen LogP contribution in [-0.4, -0.2) is 166 Å². The Kier molecular flexibility index (Phi) is 18.5. The second kappa shape index (κ2) is 22.1. The number of fused-ring (bicyclic) bond motifs is 3. The Hall–Kier alpha value is -2.15. The van der Waals surface area contributed by atoms with Gasteiger partial charge < -0.3 is 79.7 Å². The van der Waals surface area contributed by atoms with Crippen molar-refractivity contribution in [2.24, 2.45) is 4.99 Å². The summed E-state index contributed by atoms with van der Waals surface area (Å²) in [5.74, 6) is -1.23.